The number of rotatable bonds is 8. The normalized spacial score (nSPS) is 11.5. The average Bonchev–Trinajstić information content (AvgIpc) is 3.21. The summed E-state index contributed by atoms with van der Waals surface area (Å²) in [5.41, 5.74) is 1.03. The van der Waals surface area contributed by atoms with E-state index in [2.05, 4.69) is 20.8 Å². The van der Waals surface area contributed by atoms with Crippen molar-refractivity contribution in [1.29, 1.82) is 0 Å². The number of carbonyl (C=O) groups excluding carboxylic acids is 1. The van der Waals surface area contributed by atoms with Gasteiger partial charge in [-0.1, -0.05) is 30.0 Å². The van der Waals surface area contributed by atoms with Crippen LogP contribution in [0.1, 0.15) is 0 Å². The van der Waals surface area contributed by atoms with Gasteiger partial charge in [0.05, 0.1) is 29.1 Å². The van der Waals surface area contributed by atoms with Crippen LogP contribution >= 0.6 is 11.8 Å². The molecule has 0 aliphatic rings. The van der Waals surface area contributed by atoms with Crippen molar-refractivity contribution in [3.05, 3.63) is 48.5 Å². The minimum absolute atomic E-state index is 0.0149. The van der Waals surface area contributed by atoms with Gasteiger partial charge in [0.2, 0.25) is 21.1 Å². The first-order valence-corrected chi connectivity index (χ1v) is 11.1. The van der Waals surface area contributed by atoms with Crippen molar-refractivity contribution in [2.45, 2.75) is 10.1 Å². The monoisotopic (exact) mass is 448 g/mol. The topological polar surface area (TPSA) is 119 Å². The van der Waals surface area contributed by atoms with Gasteiger partial charge in [0, 0.05) is 14.1 Å². The molecule has 0 aliphatic heterocycles. The molecule has 0 radical (unpaired) electrons. The molecule has 1 heterocycles. The third-order valence-electron chi connectivity index (χ3n) is 4.00. The van der Waals surface area contributed by atoms with Crippen LogP contribution in [0.3, 0.4) is 0 Å². The molecule has 0 aliphatic carbocycles. The maximum absolute atomic E-state index is 12.5. The first kappa shape index (κ1) is 21.7. The van der Waals surface area contributed by atoms with Gasteiger partial charge in [0.15, 0.2) is 0 Å². The number of thioether (sulfide) groups is 1. The van der Waals surface area contributed by atoms with E-state index in [0.29, 0.717) is 10.9 Å². The van der Waals surface area contributed by atoms with E-state index in [1.165, 1.54) is 44.1 Å². The summed E-state index contributed by atoms with van der Waals surface area (Å²) in [4.78, 5) is 12.5. The number of nitrogens with one attached hydrogen (secondary N) is 1. The summed E-state index contributed by atoms with van der Waals surface area (Å²) in [5.74, 6) is 0.00146. The molecule has 0 spiro atoms. The summed E-state index contributed by atoms with van der Waals surface area (Å²) in [5, 5.41) is 14.7. The predicted molar refractivity (Wildman–Crippen MR) is 112 cm³/mol. The van der Waals surface area contributed by atoms with Gasteiger partial charge in [-0.2, -0.15) is 4.68 Å². The second kappa shape index (κ2) is 9.24. The molecule has 0 saturated heterocycles. The van der Waals surface area contributed by atoms with E-state index in [0.717, 1.165) is 21.8 Å². The van der Waals surface area contributed by atoms with E-state index < -0.39 is 10.0 Å². The first-order valence-electron chi connectivity index (χ1n) is 8.70. The Bertz CT molecular complexity index is 1130. The molecule has 12 heteroatoms. The number of hydrogen-bond acceptors (Lipinski definition) is 8. The number of benzene rings is 2. The van der Waals surface area contributed by atoms with Crippen LogP contribution in [-0.4, -0.2) is 65.8 Å². The van der Waals surface area contributed by atoms with E-state index in [9.17, 15) is 13.2 Å². The Morgan fingerprint density at radius 3 is 2.60 bits per heavy atom. The zero-order chi connectivity index (χ0) is 21.7. The average molecular weight is 449 g/mol. The Kier molecular flexibility index (Phi) is 6.70. The molecule has 1 N–H and O–H groups in total. The van der Waals surface area contributed by atoms with Gasteiger partial charge >= 0.3 is 0 Å². The number of sulfonamides is 1. The van der Waals surface area contributed by atoms with E-state index in [4.69, 9.17) is 4.74 Å². The highest BCUT2D eigenvalue weighted by molar-refractivity contribution is 7.99. The van der Waals surface area contributed by atoms with Gasteiger partial charge in [-0.15, -0.1) is 5.10 Å². The van der Waals surface area contributed by atoms with Crippen molar-refractivity contribution in [2.75, 3.05) is 32.3 Å². The van der Waals surface area contributed by atoms with Crippen molar-refractivity contribution in [1.82, 2.24) is 24.5 Å². The Hall–Kier alpha value is -2.96. The predicted octanol–water partition coefficient (Wildman–Crippen LogP) is 1.65. The second-order valence-electron chi connectivity index (χ2n) is 6.20. The SMILES string of the molecule is COc1ccc(S(=O)(=O)N(C)C)cc1NC(=O)CSc1nnnn1-c1ccccc1. The maximum Gasteiger partial charge on any atom is 0.242 e. The minimum atomic E-state index is -3.65. The number of ether oxygens (including phenoxy) is 1. The number of tetrazole rings is 1. The summed E-state index contributed by atoms with van der Waals surface area (Å²) in [6.07, 6.45) is 0. The minimum Gasteiger partial charge on any atom is -0.495 e. The lowest BCUT2D eigenvalue weighted by Crippen LogP contribution is -2.22. The third kappa shape index (κ3) is 4.78. The van der Waals surface area contributed by atoms with Gasteiger partial charge < -0.3 is 10.1 Å². The van der Waals surface area contributed by atoms with Crippen LogP contribution in [0.2, 0.25) is 0 Å². The highest BCUT2D eigenvalue weighted by Crippen LogP contribution is 2.29. The van der Waals surface area contributed by atoms with Crippen molar-refractivity contribution in [2.24, 2.45) is 0 Å². The highest BCUT2D eigenvalue weighted by atomic mass is 32.2. The van der Waals surface area contributed by atoms with Crippen LogP contribution in [0, 0.1) is 0 Å². The summed E-state index contributed by atoms with van der Waals surface area (Å²) < 4.78 is 32.6. The number of nitrogens with zero attached hydrogens (tertiary/aromatic N) is 5. The summed E-state index contributed by atoms with van der Waals surface area (Å²) in [7, 11) is 0.657. The molecule has 158 valence electrons. The van der Waals surface area contributed by atoms with Crippen molar-refractivity contribution >= 4 is 33.4 Å². The number of amides is 1. The first-order chi connectivity index (χ1) is 14.3. The quantitative estimate of drug-likeness (QED) is 0.517. The van der Waals surface area contributed by atoms with E-state index in [1.54, 1.807) is 0 Å². The smallest absolute Gasteiger partial charge is 0.242 e. The molecule has 0 atom stereocenters. The lowest BCUT2D eigenvalue weighted by molar-refractivity contribution is -0.113. The maximum atomic E-state index is 12.5. The molecule has 30 heavy (non-hydrogen) atoms. The Morgan fingerprint density at radius 2 is 1.93 bits per heavy atom. The molecule has 0 fully saturated rings. The molecule has 1 amide bonds. The molecule has 3 aromatic rings. The lowest BCUT2D eigenvalue weighted by Gasteiger charge is -2.15. The number of carbonyl (C=O) groups is 1. The molecular weight excluding hydrogens is 428 g/mol. The third-order valence-corrected chi connectivity index (χ3v) is 6.73. The van der Waals surface area contributed by atoms with Gasteiger partial charge in [0.1, 0.15) is 5.75 Å². The van der Waals surface area contributed by atoms with Crippen LogP contribution in [-0.2, 0) is 14.8 Å². The fourth-order valence-electron chi connectivity index (χ4n) is 2.47. The number of aromatic nitrogens is 4. The second-order valence-corrected chi connectivity index (χ2v) is 9.29. The fraction of sp³-hybridized carbons (Fsp3) is 0.222. The largest absolute Gasteiger partial charge is 0.495 e. The Labute approximate surface area is 178 Å². The van der Waals surface area contributed by atoms with Gasteiger partial charge in [-0.25, -0.2) is 12.7 Å². The van der Waals surface area contributed by atoms with Crippen LogP contribution in [0.15, 0.2) is 58.6 Å². The molecule has 0 saturated carbocycles. The molecule has 0 unspecified atom stereocenters. The van der Waals surface area contributed by atoms with Gasteiger partial charge in [-0.3, -0.25) is 4.79 Å². The fourth-order valence-corrected chi connectivity index (χ4v) is 4.09. The highest BCUT2D eigenvalue weighted by Gasteiger charge is 2.20. The van der Waals surface area contributed by atoms with Gasteiger partial charge in [-0.05, 0) is 40.8 Å². The standard InChI is InChI=1S/C18H20N6O4S2/c1-23(2)30(26,27)14-9-10-16(28-3)15(11-14)19-17(25)12-29-18-20-21-22-24(18)13-7-5-4-6-8-13/h4-11H,12H2,1-3H3,(H,19,25). The zero-order valence-corrected chi connectivity index (χ0v) is 18.1. The molecule has 2 aromatic carbocycles. The van der Waals surface area contributed by atoms with Crippen LogP contribution in [0.25, 0.3) is 5.69 Å². The van der Waals surface area contributed by atoms with Crippen molar-refractivity contribution < 1.29 is 17.9 Å². The van der Waals surface area contributed by atoms with E-state index >= 15 is 0 Å². The number of anilines is 1. The Balaban J connectivity index is 1.74. The lowest BCUT2D eigenvalue weighted by atomic mass is 10.3. The molecule has 3 rings (SSSR count). The van der Waals surface area contributed by atoms with Crippen molar-refractivity contribution in [3.8, 4) is 11.4 Å². The molecule has 1 aromatic heterocycles. The Morgan fingerprint density at radius 1 is 1.20 bits per heavy atom. The van der Waals surface area contributed by atoms with Crippen LogP contribution < -0.4 is 10.1 Å². The van der Waals surface area contributed by atoms with Gasteiger partial charge in [0.25, 0.3) is 0 Å². The number of hydrogen-bond donors (Lipinski definition) is 1. The summed E-state index contributed by atoms with van der Waals surface area (Å²) in [6, 6.07) is 13.6. The summed E-state index contributed by atoms with van der Waals surface area (Å²) >= 11 is 1.15. The molecular formula is C18H20N6O4S2. The van der Waals surface area contributed by atoms with Crippen molar-refractivity contribution in [3.63, 3.8) is 0 Å². The van der Waals surface area contributed by atoms with E-state index in [-0.39, 0.29) is 22.2 Å². The number of para-hydroxylation sites is 1. The molecule has 10 nitrogen and oxygen atoms in total. The van der Waals surface area contributed by atoms with Crippen LogP contribution in [0.5, 0.6) is 5.75 Å². The summed E-state index contributed by atoms with van der Waals surface area (Å²) in [6.45, 7) is 0. The number of methoxy groups -OCH3 is 1. The molecule has 0 bridgehead atoms. The van der Waals surface area contributed by atoms with Crippen LogP contribution in [0.4, 0.5) is 5.69 Å². The van der Waals surface area contributed by atoms with E-state index in [1.807, 2.05) is 30.3 Å². The zero-order valence-electron chi connectivity index (χ0n) is 16.5.